The van der Waals surface area contributed by atoms with Crippen molar-refractivity contribution in [3.05, 3.63) is 47.0 Å². The molecule has 0 aliphatic carbocycles. The number of hydrogen-bond donors (Lipinski definition) is 1. The average Bonchev–Trinajstić information content (AvgIpc) is 3.26. The van der Waals surface area contributed by atoms with E-state index in [1.165, 1.54) is 23.3 Å². The molecule has 3 heterocycles. The Hall–Kier alpha value is -2.93. The van der Waals surface area contributed by atoms with Crippen LogP contribution in [0, 0.1) is 0 Å². The molecule has 2 aromatic rings. The van der Waals surface area contributed by atoms with Crippen LogP contribution < -0.4 is 15.4 Å². The Morgan fingerprint density at radius 3 is 2.58 bits per heavy atom. The van der Waals surface area contributed by atoms with E-state index in [1.54, 1.807) is 6.07 Å². The van der Waals surface area contributed by atoms with Crippen LogP contribution in [0.1, 0.15) is 49.3 Å². The molecule has 0 unspecified atom stereocenters. The molecular formula is C24H30N4O3. The fourth-order valence-electron chi connectivity index (χ4n) is 4.23. The monoisotopic (exact) mass is 422 g/mol. The van der Waals surface area contributed by atoms with Gasteiger partial charge < -0.3 is 15.4 Å². The minimum Gasteiger partial charge on any atom is -0.478 e. The van der Waals surface area contributed by atoms with E-state index >= 15 is 0 Å². The normalized spacial score (nSPS) is 16.6. The zero-order valence-electron chi connectivity index (χ0n) is 18.1. The number of ether oxygens (including phenoxy) is 1. The van der Waals surface area contributed by atoms with Gasteiger partial charge in [-0.2, -0.15) is 4.98 Å². The zero-order valence-corrected chi connectivity index (χ0v) is 18.1. The van der Waals surface area contributed by atoms with E-state index in [9.17, 15) is 9.59 Å². The molecule has 0 bridgehead atoms. The third-order valence-corrected chi connectivity index (χ3v) is 5.91. The van der Waals surface area contributed by atoms with Crippen molar-refractivity contribution in [2.24, 2.45) is 0 Å². The maximum atomic E-state index is 12.8. The van der Waals surface area contributed by atoms with Crippen molar-refractivity contribution < 1.29 is 14.3 Å². The summed E-state index contributed by atoms with van der Waals surface area (Å²) in [4.78, 5) is 33.4. The van der Waals surface area contributed by atoms with Gasteiger partial charge in [-0.15, -0.1) is 0 Å². The number of Topliss-reactive ketones (excluding diaryl/α,β-unsaturated/α-hetero) is 1. The predicted molar refractivity (Wildman–Crippen MR) is 120 cm³/mol. The summed E-state index contributed by atoms with van der Waals surface area (Å²) >= 11 is 0. The van der Waals surface area contributed by atoms with Gasteiger partial charge in [0, 0.05) is 24.6 Å². The van der Waals surface area contributed by atoms with E-state index < -0.39 is 11.7 Å². The third-order valence-electron chi connectivity index (χ3n) is 5.91. The van der Waals surface area contributed by atoms with Gasteiger partial charge in [0.1, 0.15) is 5.82 Å². The summed E-state index contributed by atoms with van der Waals surface area (Å²) in [7, 11) is 0. The lowest BCUT2D eigenvalue weighted by Gasteiger charge is -2.29. The number of rotatable bonds is 8. The van der Waals surface area contributed by atoms with E-state index in [0.717, 1.165) is 38.0 Å². The van der Waals surface area contributed by atoms with Crippen molar-refractivity contribution >= 4 is 23.2 Å². The summed E-state index contributed by atoms with van der Waals surface area (Å²) < 4.78 is 5.73. The van der Waals surface area contributed by atoms with Gasteiger partial charge in [-0.25, -0.2) is 0 Å². The van der Waals surface area contributed by atoms with E-state index in [-0.39, 0.29) is 12.2 Å². The van der Waals surface area contributed by atoms with Crippen LogP contribution in [0.3, 0.4) is 0 Å². The number of carbonyl (C=O) groups is 2. The van der Waals surface area contributed by atoms with E-state index in [4.69, 9.17) is 10.5 Å². The predicted octanol–water partition coefficient (Wildman–Crippen LogP) is 3.10. The van der Waals surface area contributed by atoms with Crippen LogP contribution >= 0.6 is 0 Å². The number of pyridine rings is 1. The van der Waals surface area contributed by atoms with Crippen LogP contribution in [0.5, 0.6) is 5.88 Å². The zero-order chi connectivity index (χ0) is 21.8. The Bertz CT molecular complexity index is 969. The van der Waals surface area contributed by atoms with Crippen LogP contribution in [0.25, 0.3) is 0 Å². The summed E-state index contributed by atoms with van der Waals surface area (Å²) in [6, 6.07) is 9.97. The minimum absolute atomic E-state index is 0.0201. The maximum Gasteiger partial charge on any atom is 0.295 e. The van der Waals surface area contributed by atoms with Crippen molar-refractivity contribution in [2.75, 3.05) is 30.3 Å². The molecule has 1 aromatic carbocycles. The summed E-state index contributed by atoms with van der Waals surface area (Å²) in [5.74, 6) is -0.339. The second kappa shape index (κ2) is 9.47. The molecular weight excluding hydrogens is 392 g/mol. The molecule has 1 amide bonds. The lowest BCUT2D eigenvalue weighted by molar-refractivity contribution is -0.136. The number of nitrogens with zero attached hydrogens (tertiary/aromatic N) is 3. The van der Waals surface area contributed by atoms with Crippen molar-refractivity contribution in [2.45, 2.75) is 52.1 Å². The highest BCUT2D eigenvalue weighted by atomic mass is 16.5. The number of likely N-dealkylation sites (tertiary alicyclic amines) is 1. The molecule has 164 valence electrons. The first-order chi connectivity index (χ1) is 15.0. The number of nitrogens with two attached hydrogens (primary N) is 1. The summed E-state index contributed by atoms with van der Waals surface area (Å²) in [6.07, 6.45) is 4.39. The molecule has 2 N–H and O–H groups in total. The molecule has 0 atom stereocenters. The van der Waals surface area contributed by atoms with Crippen LogP contribution in [0.4, 0.5) is 11.5 Å². The van der Waals surface area contributed by atoms with Gasteiger partial charge in [0.05, 0.1) is 18.8 Å². The molecule has 0 spiro atoms. The highest BCUT2D eigenvalue weighted by molar-refractivity contribution is 6.43. The van der Waals surface area contributed by atoms with Gasteiger partial charge in [0.15, 0.2) is 0 Å². The van der Waals surface area contributed by atoms with Gasteiger partial charge in [0.2, 0.25) is 11.7 Å². The van der Waals surface area contributed by atoms with Gasteiger partial charge in [-0.3, -0.25) is 14.5 Å². The van der Waals surface area contributed by atoms with Crippen LogP contribution in [0.2, 0.25) is 0 Å². The largest absolute Gasteiger partial charge is 0.478 e. The van der Waals surface area contributed by atoms with Crippen LogP contribution in [0.15, 0.2) is 30.3 Å². The van der Waals surface area contributed by atoms with Crippen LogP contribution in [-0.4, -0.2) is 41.3 Å². The Labute approximate surface area is 183 Å². The smallest absolute Gasteiger partial charge is 0.295 e. The maximum absolute atomic E-state index is 12.8. The molecule has 1 fully saturated rings. The number of amides is 1. The Morgan fingerprint density at radius 2 is 1.84 bits per heavy atom. The van der Waals surface area contributed by atoms with Crippen molar-refractivity contribution in [1.82, 2.24) is 9.88 Å². The Balaban J connectivity index is 1.59. The first-order valence-electron chi connectivity index (χ1n) is 11.1. The second-order valence-corrected chi connectivity index (χ2v) is 8.34. The number of fused-ring (bicyclic) bond motifs is 1. The quantitative estimate of drug-likeness (QED) is 0.519. The number of carbonyl (C=O) groups excluding carboxylic acids is 2. The molecule has 0 saturated carbocycles. The molecule has 1 aromatic heterocycles. The number of benzene rings is 1. The SMILES string of the molecule is CCCCOc1cc2c(c(N)n1)CC(=O)C(=O)N2Cc1cccc(CN2CCCC2)c1. The van der Waals surface area contributed by atoms with Gasteiger partial charge in [-0.1, -0.05) is 37.6 Å². The highest BCUT2D eigenvalue weighted by Gasteiger charge is 2.33. The number of hydrogen-bond acceptors (Lipinski definition) is 6. The minimum atomic E-state index is -0.512. The van der Waals surface area contributed by atoms with Gasteiger partial charge >= 0.3 is 0 Å². The highest BCUT2D eigenvalue weighted by Crippen LogP contribution is 2.34. The van der Waals surface area contributed by atoms with Gasteiger partial charge in [-0.05, 0) is 43.5 Å². The lowest BCUT2D eigenvalue weighted by Crippen LogP contribution is -2.41. The number of aromatic nitrogens is 1. The first kappa shape index (κ1) is 21.3. The summed E-state index contributed by atoms with van der Waals surface area (Å²) in [5.41, 5.74) is 9.55. The average molecular weight is 423 g/mol. The molecule has 7 nitrogen and oxygen atoms in total. The molecule has 2 aliphatic rings. The third kappa shape index (κ3) is 4.88. The summed E-state index contributed by atoms with van der Waals surface area (Å²) in [5, 5.41) is 0. The first-order valence-corrected chi connectivity index (χ1v) is 11.1. The molecule has 7 heteroatoms. The number of nitrogen functional groups attached to an aromatic ring is 1. The topological polar surface area (TPSA) is 88.8 Å². The van der Waals surface area contributed by atoms with Crippen LogP contribution in [-0.2, 0) is 29.1 Å². The van der Waals surface area contributed by atoms with Crippen molar-refractivity contribution in [3.63, 3.8) is 0 Å². The molecule has 4 rings (SSSR count). The fraction of sp³-hybridized carbons (Fsp3) is 0.458. The number of ketones is 1. The Morgan fingerprint density at radius 1 is 1.10 bits per heavy atom. The van der Waals surface area contributed by atoms with E-state index in [1.807, 2.05) is 12.1 Å². The number of anilines is 2. The van der Waals surface area contributed by atoms with E-state index in [2.05, 4.69) is 28.9 Å². The molecule has 31 heavy (non-hydrogen) atoms. The molecule has 2 aliphatic heterocycles. The van der Waals surface area contributed by atoms with Crippen molar-refractivity contribution in [3.8, 4) is 5.88 Å². The van der Waals surface area contributed by atoms with E-state index in [0.29, 0.717) is 30.3 Å². The van der Waals surface area contributed by atoms with Crippen molar-refractivity contribution in [1.29, 1.82) is 0 Å². The number of unbranched alkanes of at least 4 members (excludes halogenated alkanes) is 1. The second-order valence-electron chi connectivity index (χ2n) is 8.34. The Kier molecular flexibility index (Phi) is 6.51. The van der Waals surface area contributed by atoms with Gasteiger partial charge in [0.25, 0.3) is 5.91 Å². The summed E-state index contributed by atoms with van der Waals surface area (Å²) in [6.45, 7) is 6.09. The fourth-order valence-corrected chi connectivity index (χ4v) is 4.23. The molecule has 1 saturated heterocycles. The standard InChI is InChI=1S/C24H30N4O3/c1-2-3-11-31-22-14-20-19(23(25)26-22)13-21(29)24(30)28(20)16-18-8-6-7-17(12-18)15-27-9-4-5-10-27/h6-8,12,14H,2-5,9-11,13,15-16H2,1H3,(H2,25,26). The molecule has 0 radical (unpaired) electrons. The lowest BCUT2D eigenvalue weighted by atomic mass is 10.00.